The second-order valence-electron chi connectivity index (χ2n) is 5.36. The zero-order chi connectivity index (χ0) is 17.7. The van der Waals surface area contributed by atoms with Crippen molar-refractivity contribution in [2.75, 3.05) is 14.2 Å². The number of hydrogen-bond donors (Lipinski definition) is 0. The van der Waals surface area contributed by atoms with Gasteiger partial charge < -0.3 is 14.2 Å². The molecule has 0 radical (unpaired) electrons. The van der Waals surface area contributed by atoms with Crippen LogP contribution in [-0.4, -0.2) is 26.3 Å². The minimum absolute atomic E-state index is 0.309. The molecule has 0 saturated heterocycles. The second kappa shape index (κ2) is 8.20. The maximum absolute atomic E-state index is 11.4. The molecule has 2 rings (SSSR count). The van der Waals surface area contributed by atoms with Gasteiger partial charge in [-0.3, -0.25) is 4.79 Å². The van der Waals surface area contributed by atoms with E-state index in [1.807, 2.05) is 24.3 Å². The largest absolute Gasteiger partial charge is 0.496 e. The molecular formula is C19H21BrO4. The zero-order valence-electron chi connectivity index (χ0n) is 14.1. The third kappa shape index (κ3) is 3.73. The van der Waals surface area contributed by atoms with Crippen LogP contribution in [0.5, 0.6) is 11.5 Å². The van der Waals surface area contributed by atoms with Crippen LogP contribution in [0.15, 0.2) is 41.4 Å². The molecule has 2 aromatic carbocycles. The highest BCUT2D eigenvalue weighted by Crippen LogP contribution is 2.44. The van der Waals surface area contributed by atoms with Crippen LogP contribution in [0.1, 0.15) is 18.9 Å². The fraction of sp³-hybridized carbons (Fsp3) is 0.316. The predicted octanol–water partition coefficient (Wildman–Crippen LogP) is 4.67. The number of rotatable bonds is 7. The van der Waals surface area contributed by atoms with Gasteiger partial charge in [-0.1, -0.05) is 30.3 Å². The van der Waals surface area contributed by atoms with Gasteiger partial charge in [-0.25, -0.2) is 0 Å². The first-order chi connectivity index (χ1) is 11.5. The van der Waals surface area contributed by atoms with Gasteiger partial charge in [-0.2, -0.15) is 0 Å². The first-order valence-electron chi connectivity index (χ1n) is 7.62. The lowest BCUT2D eigenvalue weighted by molar-refractivity contribution is -0.146. The highest BCUT2D eigenvalue weighted by atomic mass is 79.9. The fourth-order valence-electron chi connectivity index (χ4n) is 2.83. The van der Waals surface area contributed by atoms with Crippen LogP contribution in [0.4, 0.5) is 0 Å². The number of halogens is 1. The number of esters is 1. The molecule has 0 unspecified atom stereocenters. The first kappa shape index (κ1) is 18.3. The number of hydrogen-bond acceptors (Lipinski definition) is 4. The normalized spacial score (nSPS) is 11.8. The van der Waals surface area contributed by atoms with Crippen LogP contribution in [0, 0.1) is 0 Å². The molecule has 0 spiro atoms. The van der Waals surface area contributed by atoms with Crippen molar-refractivity contribution in [2.45, 2.75) is 25.9 Å². The average molecular weight is 393 g/mol. The van der Waals surface area contributed by atoms with Crippen molar-refractivity contribution in [1.29, 1.82) is 0 Å². The fourth-order valence-corrected chi connectivity index (χ4v) is 3.55. The van der Waals surface area contributed by atoms with Crippen molar-refractivity contribution in [3.8, 4) is 11.5 Å². The van der Waals surface area contributed by atoms with E-state index in [-0.39, 0.29) is 12.1 Å². The van der Waals surface area contributed by atoms with Crippen LogP contribution in [0.2, 0.25) is 0 Å². The standard InChI is InChI=1S/C19H21BrO4/c1-5-8-13(24-12(2)21)11-16-17(20)19(23-4)15-10-7-6-9-14(15)18(16)22-3/h5-7,9-10,13H,1,8,11H2,2-4H3/t13-/m0/s1. The summed E-state index contributed by atoms with van der Waals surface area (Å²) in [6.45, 7) is 5.15. The molecule has 0 fully saturated rings. The van der Waals surface area contributed by atoms with E-state index in [1.54, 1.807) is 20.3 Å². The first-order valence-corrected chi connectivity index (χ1v) is 8.41. The molecule has 128 valence electrons. The molecule has 4 nitrogen and oxygen atoms in total. The van der Waals surface area contributed by atoms with Crippen molar-refractivity contribution in [2.24, 2.45) is 0 Å². The van der Waals surface area contributed by atoms with Gasteiger partial charge in [0.2, 0.25) is 0 Å². The van der Waals surface area contributed by atoms with Gasteiger partial charge in [-0.15, -0.1) is 6.58 Å². The van der Waals surface area contributed by atoms with Gasteiger partial charge in [0.25, 0.3) is 0 Å². The van der Waals surface area contributed by atoms with Crippen LogP contribution in [0.25, 0.3) is 10.8 Å². The molecule has 0 aromatic heterocycles. The van der Waals surface area contributed by atoms with Crippen LogP contribution in [-0.2, 0) is 16.0 Å². The molecule has 0 saturated carbocycles. The zero-order valence-corrected chi connectivity index (χ0v) is 15.7. The Labute approximate surface area is 150 Å². The summed E-state index contributed by atoms with van der Waals surface area (Å²) < 4.78 is 17.5. The molecule has 2 aromatic rings. The number of benzene rings is 2. The topological polar surface area (TPSA) is 44.8 Å². The van der Waals surface area contributed by atoms with Crippen LogP contribution < -0.4 is 9.47 Å². The number of methoxy groups -OCH3 is 2. The summed E-state index contributed by atoms with van der Waals surface area (Å²) in [5.41, 5.74) is 0.904. The van der Waals surface area contributed by atoms with Gasteiger partial charge in [0.05, 0.1) is 18.7 Å². The van der Waals surface area contributed by atoms with Gasteiger partial charge in [0.1, 0.15) is 17.6 Å². The van der Waals surface area contributed by atoms with E-state index in [1.165, 1.54) is 6.92 Å². The summed E-state index contributed by atoms with van der Waals surface area (Å²) in [6.07, 6.45) is 2.49. The smallest absolute Gasteiger partial charge is 0.302 e. The molecule has 0 aliphatic rings. The Kier molecular flexibility index (Phi) is 6.26. The molecule has 5 heteroatoms. The molecule has 0 aliphatic heterocycles. The third-order valence-electron chi connectivity index (χ3n) is 3.76. The lowest BCUT2D eigenvalue weighted by atomic mass is 9.98. The number of carbonyl (C=O) groups is 1. The van der Waals surface area contributed by atoms with Crippen molar-refractivity contribution in [3.63, 3.8) is 0 Å². The van der Waals surface area contributed by atoms with Crippen molar-refractivity contribution in [1.82, 2.24) is 0 Å². The average Bonchev–Trinajstić information content (AvgIpc) is 2.55. The molecule has 0 aliphatic carbocycles. The van der Waals surface area contributed by atoms with E-state index in [4.69, 9.17) is 14.2 Å². The van der Waals surface area contributed by atoms with Crippen LogP contribution in [0.3, 0.4) is 0 Å². The Balaban J connectivity index is 2.61. The van der Waals surface area contributed by atoms with Gasteiger partial charge in [0, 0.05) is 36.1 Å². The lowest BCUT2D eigenvalue weighted by Gasteiger charge is -2.21. The van der Waals surface area contributed by atoms with Gasteiger partial charge in [0.15, 0.2) is 0 Å². The highest BCUT2D eigenvalue weighted by molar-refractivity contribution is 9.10. The Bertz CT molecular complexity index is 755. The summed E-state index contributed by atoms with van der Waals surface area (Å²) in [5, 5.41) is 1.91. The van der Waals surface area contributed by atoms with E-state index in [2.05, 4.69) is 22.5 Å². The molecule has 24 heavy (non-hydrogen) atoms. The summed E-state index contributed by atoms with van der Waals surface area (Å²) in [6, 6.07) is 7.88. The monoisotopic (exact) mass is 392 g/mol. The number of ether oxygens (including phenoxy) is 3. The summed E-state index contributed by atoms with van der Waals surface area (Å²) in [5.74, 6) is 1.17. The molecule has 0 amide bonds. The summed E-state index contributed by atoms with van der Waals surface area (Å²) in [7, 11) is 3.27. The maximum atomic E-state index is 11.4. The Morgan fingerprint density at radius 3 is 2.29 bits per heavy atom. The summed E-state index contributed by atoms with van der Waals surface area (Å²) in [4.78, 5) is 11.4. The SMILES string of the molecule is C=CC[C@@H](Cc1c(Br)c(OC)c2ccccc2c1OC)OC(C)=O. The van der Waals surface area contributed by atoms with E-state index in [0.29, 0.717) is 12.8 Å². The molecule has 0 heterocycles. The highest BCUT2D eigenvalue weighted by Gasteiger charge is 2.23. The Morgan fingerprint density at radius 2 is 1.79 bits per heavy atom. The van der Waals surface area contributed by atoms with Crippen molar-refractivity contribution in [3.05, 3.63) is 47.0 Å². The van der Waals surface area contributed by atoms with Gasteiger partial charge >= 0.3 is 5.97 Å². The second-order valence-corrected chi connectivity index (χ2v) is 6.16. The summed E-state index contributed by atoms with van der Waals surface area (Å²) >= 11 is 3.63. The van der Waals surface area contributed by atoms with E-state index in [9.17, 15) is 4.79 Å². The quantitative estimate of drug-likeness (QED) is 0.507. The van der Waals surface area contributed by atoms with Gasteiger partial charge in [-0.05, 0) is 15.9 Å². The van der Waals surface area contributed by atoms with E-state index < -0.39 is 0 Å². The third-order valence-corrected chi connectivity index (χ3v) is 4.60. The molecule has 0 bridgehead atoms. The number of carbonyl (C=O) groups excluding carboxylic acids is 1. The predicted molar refractivity (Wildman–Crippen MR) is 98.8 cm³/mol. The maximum Gasteiger partial charge on any atom is 0.302 e. The molecule has 0 N–H and O–H groups in total. The van der Waals surface area contributed by atoms with Crippen molar-refractivity contribution < 1.29 is 19.0 Å². The molecular weight excluding hydrogens is 372 g/mol. The minimum atomic E-state index is -0.315. The van der Waals surface area contributed by atoms with Crippen molar-refractivity contribution >= 4 is 32.7 Å². The molecule has 1 atom stereocenters. The van der Waals surface area contributed by atoms with E-state index >= 15 is 0 Å². The number of fused-ring (bicyclic) bond motifs is 1. The Morgan fingerprint density at radius 1 is 1.21 bits per heavy atom. The Hall–Kier alpha value is -2.01. The van der Waals surface area contributed by atoms with Crippen LogP contribution >= 0.6 is 15.9 Å². The van der Waals surface area contributed by atoms with E-state index in [0.717, 1.165) is 32.3 Å². The lowest BCUT2D eigenvalue weighted by Crippen LogP contribution is -2.19. The minimum Gasteiger partial charge on any atom is -0.496 e.